The van der Waals surface area contributed by atoms with E-state index in [0.29, 0.717) is 18.4 Å². The number of allylic oxidation sites excluding steroid dienone is 1. The molecule has 0 heterocycles. The molecule has 3 aliphatic carbocycles. The van der Waals surface area contributed by atoms with E-state index in [1.807, 2.05) is 20.8 Å². The Morgan fingerprint density at radius 2 is 1.38 bits per heavy atom. The molecule has 2 saturated carbocycles. The number of rotatable bonds is 6. The van der Waals surface area contributed by atoms with Crippen molar-refractivity contribution in [1.29, 1.82) is 0 Å². The lowest BCUT2D eigenvalue weighted by molar-refractivity contribution is -0.229. The lowest BCUT2D eigenvalue weighted by Gasteiger charge is -2.61. The summed E-state index contributed by atoms with van der Waals surface area (Å²) in [7, 11) is 0. The summed E-state index contributed by atoms with van der Waals surface area (Å²) in [6, 6.07) is 0. The minimum atomic E-state index is -1.33. The minimum Gasteiger partial charge on any atom is -0.462 e. The van der Waals surface area contributed by atoms with E-state index < -0.39 is 83.0 Å². The van der Waals surface area contributed by atoms with Gasteiger partial charge in [-0.15, -0.1) is 0 Å². The average molecular weight is 591 g/mol. The second kappa shape index (κ2) is 12.2. The van der Waals surface area contributed by atoms with E-state index in [4.69, 9.17) is 23.7 Å². The topological polar surface area (TPSA) is 132 Å². The van der Waals surface area contributed by atoms with Gasteiger partial charge in [-0.2, -0.15) is 0 Å². The maximum atomic E-state index is 13.3. The van der Waals surface area contributed by atoms with Crippen molar-refractivity contribution in [3.05, 3.63) is 23.3 Å². The average Bonchev–Trinajstić information content (AvgIpc) is 2.82. The third-order valence-electron chi connectivity index (χ3n) is 9.34. The maximum absolute atomic E-state index is 13.3. The summed E-state index contributed by atoms with van der Waals surface area (Å²) in [5.74, 6) is -4.37. The van der Waals surface area contributed by atoms with Gasteiger partial charge in [0.1, 0.15) is 18.3 Å². The molecule has 10 nitrogen and oxygen atoms in total. The normalized spacial score (nSPS) is 33.9. The van der Waals surface area contributed by atoms with E-state index in [2.05, 4.69) is 6.58 Å². The first-order valence-electron chi connectivity index (χ1n) is 14.6. The molecule has 234 valence electrons. The molecule has 0 saturated heterocycles. The van der Waals surface area contributed by atoms with Gasteiger partial charge >= 0.3 is 29.8 Å². The third-order valence-corrected chi connectivity index (χ3v) is 9.34. The van der Waals surface area contributed by atoms with Crippen LogP contribution in [0.25, 0.3) is 0 Å². The van der Waals surface area contributed by atoms with Crippen molar-refractivity contribution >= 4 is 29.8 Å². The van der Waals surface area contributed by atoms with Gasteiger partial charge in [0.25, 0.3) is 0 Å². The maximum Gasteiger partial charge on any atom is 0.308 e. The summed E-state index contributed by atoms with van der Waals surface area (Å²) in [6.07, 6.45) is -3.63. The molecule has 0 aliphatic heterocycles. The monoisotopic (exact) mass is 590 g/mol. The van der Waals surface area contributed by atoms with E-state index in [1.54, 1.807) is 20.8 Å². The van der Waals surface area contributed by atoms with Gasteiger partial charge in [0.15, 0.2) is 12.2 Å². The highest BCUT2D eigenvalue weighted by Gasteiger charge is 2.67. The smallest absolute Gasteiger partial charge is 0.308 e. The zero-order valence-electron chi connectivity index (χ0n) is 26.5. The van der Waals surface area contributed by atoms with Crippen LogP contribution in [0.5, 0.6) is 0 Å². The third kappa shape index (κ3) is 6.13. The molecule has 10 heteroatoms. The number of hydrogen-bond donors (Lipinski definition) is 0. The van der Waals surface area contributed by atoms with Crippen molar-refractivity contribution < 1.29 is 47.7 Å². The molecule has 0 N–H and O–H groups in total. The second-order valence-corrected chi connectivity index (χ2v) is 13.0. The fourth-order valence-electron chi connectivity index (χ4n) is 7.62. The Morgan fingerprint density at radius 3 is 1.88 bits per heavy atom. The fourth-order valence-corrected chi connectivity index (χ4v) is 7.62. The zero-order valence-corrected chi connectivity index (χ0v) is 26.5. The molecule has 8 atom stereocenters. The summed E-state index contributed by atoms with van der Waals surface area (Å²) in [5, 5.41) is 0. The SMILES string of the molecule is C=C1[C@@H](OC(C)=O)C[C@H](OC(C)=O)[C@@]2(C)[C@@H](OC(C)=O)[C@H](OC(C)=O)C3=C(C)CC[C@@H]([C@@H](OC(=O)C(C)C)[C@H]12)C3(C)C. The molecule has 2 bridgehead atoms. The Morgan fingerprint density at radius 1 is 0.833 bits per heavy atom. The summed E-state index contributed by atoms with van der Waals surface area (Å²) in [6.45, 7) is 20.7. The van der Waals surface area contributed by atoms with Gasteiger partial charge < -0.3 is 23.7 Å². The Hall–Kier alpha value is -3.17. The highest BCUT2D eigenvalue weighted by atomic mass is 16.6. The second-order valence-electron chi connectivity index (χ2n) is 13.0. The molecule has 0 spiro atoms. The molecule has 2 fully saturated rings. The van der Waals surface area contributed by atoms with Crippen molar-refractivity contribution in [1.82, 2.24) is 0 Å². The predicted octanol–water partition coefficient (Wildman–Crippen LogP) is 4.63. The molecule has 0 aromatic rings. The highest BCUT2D eigenvalue weighted by Crippen LogP contribution is 2.61. The first-order chi connectivity index (χ1) is 19.3. The molecular formula is C32H46O10. The summed E-state index contributed by atoms with van der Waals surface area (Å²) in [5.41, 5.74) is 0.175. The number of carbonyl (C=O) groups is 5. The van der Waals surface area contributed by atoms with E-state index in [9.17, 15) is 24.0 Å². The van der Waals surface area contributed by atoms with Crippen LogP contribution in [0.1, 0.15) is 88.5 Å². The molecule has 3 rings (SSSR count). The molecule has 0 radical (unpaired) electrons. The van der Waals surface area contributed by atoms with Crippen LogP contribution in [0, 0.1) is 28.6 Å². The van der Waals surface area contributed by atoms with Gasteiger partial charge in [-0.1, -0.05) is 46.8 Å². The van der Waals surface area contributed by atoms with Crippen LogP contribution in [0.4, 0.5) is 0 Å². The van der Waals surface area contributed by atoms with Crippen LogP contribution in [-0.4, -0.2) is 60.4 Å². The van der Waals surface area contributed by atoms with Gasteiger partial charge in [-0.25, -0.2) is 0 Å². The first kappa shape index (κ1) is 33.3. The molecular weight excluding hydrogens is 544 g/mol. The van der Waals surface area contributed by atoms with Gasteiger partial charge in [0, 0.05) is 46.0 Å². The fraction of sp³-hybridized carbons (Fsp3) is 0.719. The number of hydrogen-bond acceptors (Lipinski definition) is 10. The Labute approximate surface area is 248 Å². The van der Waals surface area contributed by atoms with Crippen molar-refractivity contribution in [2.75, 3.05) is 0 Å². The van der Waals surface area contributed by atoms with E-state index in [0.717, 1.165) is 11.1 Å². The van der Waals surface area contributed by atoms with Gasteiger partial charge in [0.2, 0.25) is 0 Å². The summed E-state index contributed by atoms with van der Waals surface area (Å²) >= 11 is 0. The lowest BCUT2D eigenvalue weighted by atomic mass is 9.48. The quantitative estimate of drug-likeness (QED) is 0.245. The summed E-state index contributed by atoms with van der Waals surface area (Å²) in [4.78, 5) is 63.5. The number of fused-ring (bicyclic) bond motifs is 3. The largest absolute Gasteiger partial charge is 0.462 e. The van der Waals surface area contributed by atoms with Crippen molar-refractivity contribution in [3.63, 3.8) is 0 Å². The van der Waals surface area contributed by atoms with Crippen LogP contribution < -0.4 is 0 Å². The van der Waals surface area contributed by atoms with Gasteiger partial charge in [0.05, 0.1) is 11.3 Å². The number of ether oxygens (including phenoxy) is 5. The van der Waals surface area contributed by atoms with Crippen LogP contribution in [0.15, 0.2) is 23.3 Å². The van der Waals surface area contributed by atoms with E-state index in [-0.39, 0.29) is 12.3 Å². The van der Waals surface area contributed by atoms with Crippen LogP contribution in [-0.2, 0) is 47.7 Å². The highest BCUT2D eigenvalue weighted by molar-refractivity contribution is 5.72. The van der Waals surface area contributed by atoms with Gasteiger partial charge in [-0.3, -0.25) is 24.0 Å². The predicted molar refractivity (Wildman–Crippen MR) is 151 cm³/mol. The Bertz CT molecular complexity index is 1180. The van der Waals surface area contributed by atoms with E-state index in [1.165, 1.54) is 27.7 Å². The van der Waals surface area contributed by atoms with Crippen LogP contribution in [0.2, 0.25) is 0 Å². The van der Waals surface area contributed by atoms with Crippen molar-refractivity contribution in [2.24, 2.45) is 28.6 Å². The Kier molecular flexibility index (Phi) is 9.69. The van der Waals surface area contributed by atoms with Crippen LogP contribution >= 0.6 is 0 Å². The number of carbonyl (C=O) groups excluding carboxylic acids is 5. The molecule has 3 aliphatic rings. The van der Waals surface area contributed by atoms with Gasteiger partial charge in [-0.05, 0) is 36.3 Å². The Balaban J connectivity index is 2.48. The van der Waals surface area contributed by atoms with Crippen molar-refractivity contribution in [2.45, 2.75) is 119 Å². The summed E-state index contributed by atoms with van der Waals surface area (Å²) < 4.78 is 30.1. The van der Waals surface area contributed by atoms with Crippen molar-refractivity contribution in [3.8, 4) is 0 Å². The molecule has 0 aromatic carbocycles. The molecule has 0 amide bonds. The zero-order chi connectivity index (χ0) is 31.9. The van der Waals surface area contributed by atoms with E-state index >= 15 is 0 Å². The molecule has 0 unspecified atom stereocenters. The first-order valence-corrected chi connectivity index (χ1v) is 14.6. The molecule has 0 aromatic heterocycles. The number of esters is 5. The lowest BCUT2D eigenvalue weighted by Crippen LogP contribution is -2.68. The standard InChI is InChI=1S/C32H46O10/c1-15(2)30(37)42-27-22-13-12-16(3)25(31(22,9)10)28(40-20(7)35)29(41-21(8)36)32(11)24(39-19(6)34)14-23(38-18(5)33)17(4)26(27)32/h15,22-24,26-29H,4,12-14H2,1-3,5-11H3/t22-,23-,24-,26-,27+,28+,29-,32+/m0/s1. The van der Waals surface area contributed by atoms with Crippen LogP contribution in [0.3, 0.4) is 0 Å². The molecule has 42 heavy (non-hydrogen) atoms. The minimum absolute atomic E-state index is 0.0203.